The number of nitrogens with zero attached hydrogens (tertiary/aromatic N) is 5. The molecule has 9 rings (SSSR count). The molecule has 4 heterocycles. The fourth-order valence-corrected chi connectivity index (χ4v) is 7.88. The molecule has 5 aromatic carbocycles. The zero-order chi connectivity index (χ0) is 43.5. The van der Waals surface area contributed by atoms with Gasteiger partial charge in [0.2, 0.25) is 5.91 Å². The van der Waals surface area contributed by atoms with Gasteiger partial charge in [0.15, 0.2) is 0 Å². The van der Waals surface area contributed by atoms with Crippen LogP contribution in [0.4, 0.5) is 11.4 Å². The van der Waals surface area contributed by atoms with Gasteiger partial charge in [-0.1, -0.05) is 91.0 Å². The molecule has 0 aliphatic carbocycles. The van der Waals surface area contributed by atoms with Gasteiger partial charge >= 0.3 is 11.9 Å². The molecule has 9 aromatic rings. The number of fused-ring (bicyclic) bond motifs is 2. The summed E-state index contributed by atoms with van der Waals surface area (Å²) in [5.74, 6) is -2.57. The summed E-state index contributed by atoms with van der Waals surface area (Å²) in [5.41, 5.74) is 14.1. The van der Waals surface area contributed by atoms with Crippen LogP contribution in [0.5, 0.6) is 0 Å². The lowest BCUT2D eigenvalue weighted by molar-refractivity contribution is -0.114. The van der Waals surface area contributed by atoms with E-state index in [1.54, 1.807) is 36.7 Å². The van der Waals surface area contributed by atoms with Crippen LogP contribution in [-0.2, 0) is 10.3 Å². The number of nitrogens with one attached hydrogen (secondary N) is 2. The number of hydrogen-bond acceptors (Lipinski definition) is 8. The summed E-state index contributed by atoms with van der Waals surface area (Å²) in [4.78, 5) is 44.3. The minimum absolute atomic E-state index is 0.0194. The highest BCUT2D eigenvalue weighted by Gasteiger charge is 2.41. The number of pyridine rings is 2. The van der Waals surface area contributed by atoms with Crippen LogP contribution < -0.4 is 11.1 Å². The Hall–Kier alpha value is -8.45. The summed E-state index contributed by atoms with van der Waals surface area (Å²) in [6, 6.07) is 44.4. The third kappa shape index (κ3) is 7.50. The maximum atomic E-state index is 12.4. The second kappa shape index (κ2) is 16.7. The molecule has 6 N–H and O–H groups in total. The molecule has 0 atom stereocenters. The average molecular weight is 821 g/mol. The summed E-state index contributed by atoms with van der Waals surface area (Å²) in [7, 11) is 0. The van der Waals surface area contributed by atoms with Crippen molar-refractivity contribution < 1.29 is 24.6 Å². The number of nitrogens with two attached hydrogens (primary N) is 1. The summed E-state index contributed by atoms with van der Waals surface area (Å²) >= 11 is 0. The maximum Gasteiger partial charge on any atom is 0.337 e. The van der Waals surface area contributed by atoms with Crippen LogP contribution in [0.1, 0.15) is 55.7 Å². The minimum Gasteiger partial charge on any atom is -0.478 e. The van der Waals surface area contributed by atoms with Gasteiger partial charge in [-0.25, -0.2) is 14.3 Å². The molecular weight excluding hydrogens is 781 g/mol. The van der Waals surface area contributed by atoms with Gasteiger partial charge in [0, 0.05) is 58.3 Å². The van der Waals surface area contributed by atoms with Crippen LogP contribution >= 0.6 is 0 Å². The Bertz CT molecular complexity index is 3030. The van der Waals surface area contributed by atoms with E-state index in [4.69, 9.17) is 15.9 Å². The summed E-state index contributed by atoms with van der Waals surface area (Å²) in [5, 5.41) is 35.8. The van der Waals surface area contributed by atoms with Crippen molar-refractivity contribution in [2.75, 3.05) is 11.1 Å². The molecule has 306 valence electrons. The zero-order valence-corrected chi connectivity index (χ0v) is 33.9. The summed E-state index contributed by atoms with van der Waals surface area (Å²) in [6.45, 7) is 5.15. The third-order valence-corrected chi connectivity index (χ3v) is 10.6. The molecule has 0 unspecified atom stereocenters. The molecule has 62 heavy (non-hydrogen) atoms. The number of benzene rings is 5. The van der Waals surface area contributed by atoms with Crippen molar-refractivity contribution in [1.29, 1.82) is 0 Å². The second-order valence-electron chi connectivity index (χ2n) is 14.7. The highest BCUT2D eigenvalue weighted by Crippen LogP contribution is 2.45. The molecule has 13 nitrogen and oxygen atoms in total. The van der Waals surface area contributed by atoms with E-state index in [0.717, 1.165) is 44.6 Å². The number of carbonyl (C=O) groups is 3. The van der Waals surface area contributed by atoms with Gasteiger partial charge < -0.3 is 21.3 Å². The van der Waals surface area contributed by atoms with Crippen LogP contribution in [0.3, 0.4) is 0 Å². The number of carboxylic acid groups (broad SMARTS) is 2. The lowest BCUT2D eigenvalue weighted by Crippen LogP contribution is -2.38. The van der Waals surface area contributed by atoms with Gasteiger partial charge in [-0.05, 0) is 79.1 Å². The van der Waals surface area contributed by atoms with Crippen molar-refractivity contribution in [3.8, 4) is 22.5 Å². The molecule has 0 bridgehead atoms. The number of aromatic carboxylic acids is 2. The van der Waals surface area contributed by atoms with Crippen molar-refractivity contribution in [3.63, 3.8) is 0 Å². The Balaban J connectivity index is 0.000000220. The molecule has 4 aromatic heterocycles. The van der Waals surface area contributed by atoms with Crippen molar-refractivity contribution in [3.05, 3.63) is 191 Å². The smallest absolute Gasteiger partial charge is 0.337 e. The Labute approximate surface area is 355 Å². The topological polar surface area (TPSA) is 202 Å². The largest absolute Gasteiger partial charge is 0.478 e. The molecule has 1 amide bonds. The number of amides is 1. The van der Waals surface area contributed by atoms with Gasteiger partial charge in [-0.15, -0.1) is 0 Å². The Morgan fingerprint density at radius 2 is 1.15 bits per heavy atom. The van der Waals surface area contributed by atoms with Crippen LogP contribution in [0.2, 0.25) is 0 Å². The first-order valence-electron chi connectivity index (χ1n) is 19.6. The quantitative estimate of drug-likeness (QED) is 0.0690. The number of anilines is 2. The highest BCUT2D eigenvalue weighted by atomic mass is 16.4. The van der Waals surface area contributed by atoms with Crippen molar-refractivity contribution in [2.45, 2.75) is 26.3 Å². The summed E-state index contributed by atoms with van der Waals surface area (Å²) < 4.78 is 1.96. The lowest BCUT2D eigenvalue weighted by atomic mass is 9.77. The molecule has 0 aliphatic rings. The number of rotatable bonds is 9. The fourth-order valence-electron chi connectivity index (χ4n) is 7.88. The number of aromatic amines is 1. The van der Waals surface area contributed by atoms with Crippen molar-refractivity contribution in [2.24, 2.45) is 0 Å². The first-order chi connectivity index (χ1) is 29.9. The van der Waals surface area contributed by atoms with Gasteiger partial charge in [0.25, 0.3) is 0 Å². The van der Waals surface area contributed by atoms with Gasteiger partial charge in [-0.2, -0.15) is 10.2 Å². The van der Waals surface area contributed by atoms with E-state index < -0.39 is 17.5 Å². The maximum absolute atomic E-state index is 12.4. The number of H-pyrrole nitrogens is 1. The first kappa shape index (κ1) is 40.3. The van der Waals surface area contributed by atoms with E-state index >= 15 is 0 Å². The number of hydrogen-bond donors (Lipinski definition) is 5. The SMILES string of the molecule is CC(=O)Nc1cc2c(cc1C(=O)O)c(-c1ccnc(C)c1)nn2C(c1ccccc1)(c1ccccc1)c1ccccc1.Cc1cc(-c2n[nH]c3cc(N)c(C(=O)O)cc23)ccn1. The Morgan fingerprint density at radius 1 is 0.645 bits per heavy atom. The van der Waals surface area contributed by atoms with Gasteiger partial charge in [0.05, 0.1) is 27.8 Å². The molecule has 0 fully saturated rings. The number of aryl methyl sites for hydroxylation is 2. The van der Waals surface area contributed by atoms with Gasteiger partial charge in [0.1, 0.15) is 16.9 Å². The van der Waals surface area contributed by atoms with Gasteiger partial charge in [-0.3, -0.25) is 19.9 Å². The van der Waals surface area contributed by atoms with Crippen LogP contribution in [0, 0.1) is 13.8 Å². The van der Waals surface area contributed by atoms with E-state index in [9.17, 15) is 19.5 Å². The molecule has 13 heteroatoms. The first-order valence-corrected chi connectivity index (χ1v) is 19.6. The van der Waals surface area contributed by atoms with E-state index in [1.165, 1.54) is 6.92 Å². The fraction of sp³-hybridized carbons (Fsp3) is 0.0816. The predicted octanol–water partition coefficient (Wildman–Crippen LogP) is 9.12. The molecule has 0 radical (unpaired) electrons. The number of carboxylic acids is 2. The molecule has 0 saturated heterocycles. The van der Waals surface area contributed by atoms with E-state index in [1.807, 2.05) is 97.4 Å². The molecule has 0 aliphatic heterocycles. The normalized spacial score (nSPS) is 11.2. The Kier molecular flexibility index (Phi) is 10.8. The van der Waals surface area contributed by atoms with Crippen LogP contribution in [0.15, 0.2) is 152 Å². The lowest BCUT2D eigenvalue weighted by Gasteiger charge is -2.37. The standard InChI is InChI=1S/C35H28N4O3.C14H12N4O2/c1-23-20-25(18-19-36-23)33-30-21-29(34(41)42)31(37-24(2)40)22-32(30)39(38-33)35(26-12-6-3-7-13-26,27-14-8-4-9-15-27)28-16-10-5-11-17-28;1-7-4-8(2-3-16-7)13-10-5-9(14(19)20)11(15)6-12(10)17-18-13/h3-22H,1-2H3,(H,37,40)(H,41,42);2-6H,15H2,1H3,(H,17,18)(H,19,20). The average Bonchev–Trinajstić information content (AvgIpc) is 3.86. The monoisotopic (exact) mass is 820 g/mol. The molecule has 0 spiro atoms. The zero-order valence-electron chi connectivity index (χ0n) is 33.9. The van der Waals surface area contributed by atoms with Crippen molar-refractivity contribution >= 4 is 51.0 Å². The predicted molar refractivity (Wildman–Crippen MR) is 239 cm³/mol. The van der Waals surface area contributed by atoms with E-state index in [2.05, 4.69) is 61.9 Å². The van der Waals surface area contributed by atoms with Crippen LogP contribution in [-0.4, -0.2) is 58.0 Å². The van der Waals surface area contributed by atoms with Crippen LogP contribution in [0.25, 0.3) is 44.3 Å². The Morgan fingerprint density at radius 3 is 1.63 bits per heavy atom. The van der Waals surface area contributed by atoms with Crippen molar-refractivity contribution in [1.82, 2.24) is 29.9 Å². The molecular formula is C49H40N8O5. The molecule has 0 saturated carbocycles. The minimum atomic E-state index is -1.15. The number of aromatic nitrogens is 6. The number of nitrogen functional groups attached to an aromatic ring is 1. The third-order valence-electron chi connectivity index (χ3n) is 10.6. The summed E-state index contributed by atoms with van der Waals surface area (Å²) in [6.07, 6.45) is 3.42. The second-order valence-corrected chi connectivity index (χ2v) is 14.7. The van der Waals surface area contributed by atoms with E-state index in [-0.39, 0.29) is 28.4 Å². The number of carbonyl (C=O) groups excluding carboxylic acids is 1. The van der Waals surface area contributed by atoms with E-state index in [0.29, 0.717) is 27.8 Å². The highest BCUT2D eigenvalue weighted by molar-refractivity contribution is 6.07.